The average molecular weight is 265 g/mol. The zero-order valence-electron chi connectivity index (χ0n) is 7.70. The van der Waals surface area contributed by atoms with Gasteiger partial charge < -0.3 is 4.89 Å². The van der Waals surface area contributed by atoms with Crippen LogP contribution in [-0.2, 0) is 18.7 Å². The van der Waals surface area contributed by atoms with Crippen LogP contribution in [0.2, 0.25) is 0 Å². The van der Waals surface area contributed by atoms with Crippen LogP contribution in [-0.4, -0.2) is 22.9 Å². The maximum Gasteiger partial charge on any atom is 0.499 e. The van der Waals surface area contributed by atoms with Crippen LogP contribution in [0, 0.1) is 5.41 Å². The second-order valence-electron chi connectivity index (χ2n) is 3.43. The molecule has 1 N–H and O–H groups in total. The highest BCUT2D eigenvalue weighted by molar-refractivity contribution is 7.47. The van der Waals surface area contributed by atoms with Crippen LogP contribution in [0.5, 0.6) is 0 Å². The van der Waals surface area contributed by atoms with Crippen LogP contribution in [0.1, 0.15) is 13.3 Å². The second kappa shape index (κ2) is 3.91. The Morgan fingerprint density at radius 3 is 2.43 bits per heavy atom. The van der Waals surface area contributed by atoms with Gasteiger partial charge in [0.2, 0.25) is 0 Å². The third-order valence-corrected chi connectivity index (χ3v) is 4.06. The van der Waals surface area contributed by atoms with E-state index in [1.54, 1.807) is 6.92 Å². The number of halogens is 2. The minimum Gasteiger partial charge on any atom is -0.301 e. The minimum atomic E-state index is -4.14. The monoisotopic (exact) mass is 264 g/mol. The van der Waals surface area contributed by atoms with Crippen molar-refractivity contribution in [3.05, 3.63) is 0 Å². The first-order valence-electron chi connectivity index (χ1n) is 3.80. The number of phosphoric ester groups is 1. The molecule has 2 unspecified atom stereocenters. The molecule has 1 rings (SSSR count). The fourth-order valence-electron chi connectivity index (χ4n) is 0.942. The van der Waals surface area contributed by atoms with Gasteiger partial charge in [-0.05, 0) is 6.42 Å². The Morgan fingerprint density at radius 2 is 2.07 bits per heavy atom. The first-order chi connectivity index (χ1) is 6.22. The van der Waals surface area contributed by atoms with Crippen molar-refractivity contribution in [2.75, 3.05) is 13.7 Å². The summed E-state index contributed by atoms with van der Waals surface area (Å²) in [5.74, 6) is 0. The average Bonchev–Trinajstić information content (AvgIpc) is 2.49. The van der Waals surface area contributed by atoms with Crippen LogP contribution in [0.4, 0.5) is 0 Å². The normalized spacial score (nSPS) is 33.8. The van der Waals surface area contributed by atoms with E-state index in [9.17, 15) is 4.57 Å². The molecule has 0 aromatic carbocycles. The van der Waals surface area contributed by atoms with E-state index in [-0.39, 0.29) is 6.61 Å². The number of hydrogen-bond acceptors (Lipinski definition) is 4. The van der Waals surface area contributed by atoms with Gasteiger partial charge in [-0.1, -0.05) is 6.92 Å². The summed E-state index contributed by atoms with van der Waals surface area (Å²) in [6.45, 7) is 1.69. The van der Waals surface area contributed by atoms with E-state index < -0.39 is 17.6 Å². The molecule has 8 heteroatoms. The van der Waals surface area contributed by atoms with Gasteiger partial charge in [0, 0.05) is 5.41 Å². The summed E-state index contributed by atoms with van der Waals surface area (Å²) in [4.78, 5) is 13.0. The molecule has 0 radical (unpaired) electrons. The Kier molecular flexibility index (Phi) is 3.55. The molecule has 1 fully saturated rings. The summed E-state index contributed by atoms with van der Waals surface area (Å²) in [7, 11) is -3.04. The lowest BCUT2D eigenvalue weighted by Gasteiger charge is -2.14. The Bertz CT molecular complexity index is 271. The summed E-state index contributed by atoms with van der Waals surface area (Å²) >= 11 is 11.6. The molecule has 0 saturated heterocycles. The smallest absolute Gasteiger partial charge is 0.301 e. The topological polar surface area (TPSA) is 65.0 Å². The van der Waals surface area contributed by atoms with Crippen LogP contribution < -0.4 is 0 Å². The van der Waals surface area contributed by atoms with Crippen molar-refractivity contribution in [1.29, 1.82) is 0 Å². The highest BCUT2D eigenvalue weighted by atomic mass is 35.5. The van der Waals surface area contributed by atoms with Gasteiger partial charge in [0.25, 0.3) is 0 Å². The summed E-state index contributed by atoms with van der Waals surface area (Å²) in [6, 6.07) is 0. The van der Waals surface area contributed by atoms with Gasteiger partial charge in [-0.3, -0.25) is 4.52 Å². The molecule has 1 aliphatic rings. The van der Waals surface area contributed by atoms with Crippen LogP contribution in [0.25, 0.3) is 0 Å². The van der Waals surface area contributed by atoms with Crippen LogP contribution >= 0.6 is 31.0 Å². The molecule has 0 bridgehead atoms. The zero-order chi connectivity index (χ0) is 11.0. The third-order valence-electron chi connectivity index (χ3n) is 2.09. The molecule has 1 saturated carbocycles. The molecule has 0 aromatic heterocycles. The molecule has 0 amide bonds. The molecule has 0 aromatic rings. The van der Waals surface area contributed by atoms with Crippen molar-refractivity contribution in [2.24, 2.45) is 5.41 Å². The fourth-order valence-corrected chi connectivity index (χ4v) is 2.32. The van der Waals surface area contributed by atoms with Crippen molar-refractivity contribution in [3.8, 4) is 0 Å². The van der Waals surface area contributed by atoms with Gasteiger partial charge in [-0.2, -0.15) is 0 Å². The standard InChI is InChI=1S/C6H11Cl2O5P/c1-5(3-6(5,7)8)4-12-14(9,10)13-11-2/h3-4H2,1-2H3,(H,9,10). The molecule has 1 aliphatic carbocycles. The van der Waals surface area contributed by atoms with Gasteiger partial charge in [-0.15, -0.1) is 27.9 Å². The van der Waals surface area contributed by atoms with E-state index in [1.807, 2.05) is 0 Å². The highest BCUT2D eigenvalue weighted by Crippen LogP contribution is 2.65. The van der Waals surface area contributed by atoms with Crippen molar-refractivity contribution in [2.45, 2.75) is 17.7 Å². The first kappa shape index (κ1) is 12.7. The molecule has 14 heavy (non-hydrogen) atoms. The van der Waals surface area contributed by atoms with Crippen molar-refractivity contribution < 1.29 is 23.5 Å². The molecule has 84 valence electrons. The number of rotatable bonds is 5. The molecular weight excluding hydrogens is 254 g/mol. The SMILES string of the molecule is COOP(=O)(O)OCC1(C)CC1(Cl)Cl. The Morgan fingerprint density at radius 1 is 1.57 bits per heavy atom. The van der Waals surface area contributed by atoms with Gasteiger partial charge in [0.05, 0.1) is 13.7 Å². The lowest BCUT2D eigenvalue weighted by atomic mass is 10.2. The third kappa shape index (κ3) is 2.83. The first-order valence-corrected chi connectivity index (χ1v) is 6.05. The molecular formula is C6H11Cl2O5P. The van der Waals surface area contributed by atoms with E-state index in [1.165, 1.54) is 0 Å². The highest BCUT2D eigenvalue weighted by Gasteiger charge is 2.63. The van der Waals surface area contributed by atoms with Crippen molar-refractivity contribution >= 4 is 31.0 Å². The molecule has 5 nitrogen and oxygen atoms in total. The van der Waals surface area contributed by atoms with Gasteiger partial charge in [0.15, 0.2) is 0 Å². The van der Waals surface area contributed by atoms with Crippen molar-refractivity contribution in [3.63, 3.8) is 0 Å². The lowest BCUT2D eigenvalue weighted by molar-refractivity contribution is -0.198. The predicted molar refractivity (Wildman–Crippen MR) is 51.0 cm³/mol. The maximum atomic E-state index is 11.0. The summed E-state index contributed by atoms with van der Waals surface area (Å²) in [5.41, 5.74) is -0.508. The largest absolute Gasteiger partial charge is 0.499 e. The van der Waals surface area contributed by atoms with Crippen LogP contribution in [0.15, 0.2) is 0 Å². The van der Waals surface area contributed by atoms with E-state index in [2.05, 4.69) is 14.1 Å². The Hall–Kier alpha value is 0.650. The Balaban J connectivity index is 2.39. The maximum absolute atomic E-state index is 11.0. The number of hydrogen-bond donors (Lipinski definition) is 1. The van der Waals surface area contributed by atoms with Gasteiger partial charge in [-0.25, -0.2) is 9.45 Å². The quantitative estimate of drug-likeness (QED) is 0.357. The van der Waals surface area contributed by atoms with Crippen molar-refractivity contribution in [1.82, 2.24) is 0 Å². The van der Waals surface area contributed by atoms with Gasteiger partial charge >= 0.3 is 7.82 Å². The summed E-state index contributed by atoms with van der Waals surface area (Å²) < 4.78 is 18.8. The Labute approximate surface area is 91.8 Å². The molecule has 0 aliphatic heterocycles. The van der Waals surface area contributed by atoms with Crippen LogP contribution in [0.3, 0.4) is 0 Å². The van der Waals surface area contributed by atoms with E-state index >= 15 is 0 Å². The molecule has 2 atom stereocenters. The summed E-state index contributed by atoms with van der Waals surface area (Å²) in [6.07, 6.45) is 0.510. The zero-order valence-corrected chi connectivity index (χ0v) is 10.1. The predicted octanol–water partition coefficient (Wildman–Crippen LogP) is 2.27. The van der Waals surface area contributed by atoms with Gasteiger partial charge in [0.1, 0.15) is 4.33 Å². The minimum absolute atomic E-state index is 0.0584. The summed E-state index contributed by atoms with van der Waals surface area (Å²) in [5, 5.41) is 0. The van der Waals surface area contributed by atoms with E-state index in [4.69, 9.17) is 28.1 Å². The number of phosphoric acid groups is 1. The van der Waals surface area contributed by atoms with E-state index in [0.717, 1.165) is 7.11 Å². The molecule has 0 heterocycles. The number of alkyl halides is 2. The lowest BCUT2D eigenvalue weighted by Crippen LogP contribution is -2.12. The molecule has 0 spiro atoms. The fraction of sp³-hybridized carbons (Fsp3) is 1.00. The second-order valence-corrected chi connectivity index (χ2v) is 6.25. The van der Waals surface area contributed by atoms with E-state index in [0.29, 0.717) is 6.42 Å².